The number of aryl methyl sites for hydroxylation is 2. The van der Waals surface area contributed by atoms with Crippen molar-refractivity contribution in [1.29, 1.82) is 5.26 Å². The van der Waals surface area contributed by atoms with E-state index >= 15 is 0 Å². The first-order valence-electron chi connectivity index (χ1n) is 8.40. The second-order valence-electron chi connectivity index (χ2n) is 6.44. The Hall–Kier alpha value is -2.45. The lowest BCUT2D eigenvalue weighted by Crippen LogP contribution is -2.10. The van der Waals surface area contributed by atoms with Gasteiger partial charge in [0.05, 0.1) is 16.9 Å². The fourth-order valence-corrected chi connectivity index (χ4v) is 2.72. The quantitative estimate of drug-likeness (QED) is 0.758. The van der Waals surface area contributed by atoms with Crippen LogP contribution in [0.3, 0.4) is 0 Å². The lowest BCUT2D eigenvalue weighted by Gasteiger charge is -2.14. The molecule has 0 radical (unpaired) electrons. The zero-order chi connectivity index (χ0) is 18.4. The summed E-state index contributed by atoms with van der Waals surface area (Å²) in [5.41, 5.74) is 7.88. The maximum absolute atomic E-state index is 14.1. The molecule has 132 valence electrons. The Kier molecular flexibility index (Phi) is 6.49. The molecule has 0 fully saturated rings. The maximum atomic E-state index is 14.1. The van der Waals surface area contributed by atoms with E-state index in [9.17, 15) is 14.0 Å². The van der Waals surface area contributed by atoms with Crippen molar-refractivity contribution in [3.05, 3.63) is 58.7 Å². The van der Waals surface area contributed by atoms with Gasteiger partial charge in [-0.05, 0) is 74.0 Å². The standard InChI is InChI=1S/C20H23F2N3/c1-13-6-7-19(18(22)8-13)25-20-10-16(21)9-15(17(20)12-24)5-3-4-14(2)11-23/h6-10,14,25H,3-5,11,23H2,1-2H3. The highest BCUT2D eigenvalue weighted by atomic mass is 19.1. The molecule has 0 amide bonds. The van der Waals surface area contributed by atoms with E-state index < -0.39 is 11.6 Å². The molecular weight excluding hydrogens is 320 g/mol. The molecule has 2 aromatic carbocycles. The molecular formula is C20H23F2N3. The van der Waals surface area contributed by atoms with Crippen molar-refractivity contribution in [1.82, 2.24) is 0 Å². The number of halogens is 2. The highest BCUT2D eigenvalue weighted by Crippen LogP contribution is 2.28. The Labute approximate surface area is 147 Å². The van der Waals surface area contributed by atoms with E-state index in [0.29, 0.717) is 30.0 Å². The lowest BCUT2D eigenvalue weighted by molar-refractivity contribution is 0.520. The molecule has 0 bridgehead atoms. The van der Waals surface area contributed by atoms with Crippen LogP contribution < -0.4 is 11.1 Å². The molecule has 1 unspecified atom stereocenters. The number of benzene rings is 2. The summed E-state index contributed by atoms with van der Waals surface area (Å²) in [7, 11) is 0. The highest BCUT2D eigenvalue weighted by Gasteiger charge is 2.13. The lowest BCUT2D eigenvalue weighted by atomic mass is 9.97. The molecule has 2 aromatic rings. The largest absolute Gasteiger partial charge is 0.352 e. The molecule has 1 atom stereocenters. The van der Waals surface area contributed by atoms with Crippen LogP contribution in [0.5, 0.6) is 0 Å². The van der Waals surface area contributed by atoms with Crippen molar-refractivity contribution in [2.45, 2.75) is 33.1 Å². The van der Waals surface area contributed by atoms with Gasteiger partial charge in [0.15, 0.2) is 0 Å². The van der Waals surface area contributed by atoms with Gasteiger partial charge in [-0.2, -0.15) is 5.26 Å². The fraction of sp³-hybridized carbons (Fsp3) is 0.350. The zero-order valence-electron chi connectivity index (χ0n) is 14.6. The molecule has 3 N–H and O–H groups in total. The summed E-state index contributed by atoms with van der Waals surface area (Å²) in [6.45, 7) is 4.45. The van der Waals surface area contributed by atoms with Crippen LogP contribution in [0, 0.1) is 35.8 Å². The SMILES string of the molecule is Cc1ccc(Nc2cc(F)cc(CCCC(C)CN)c2C#N)c(F)c1. The van der Waals surface area contributed by atoms with E-state index in [2.05, 4.69) is 18.3 Å². The predicted molar refractivity (Wildman–Crippen MR) is 96.7 cm³/mol. The van der Waals surface area contributed by atoms with Crippen molar-refractivity contribution in [2.75, 3.05) is 11.9 Å². The van der Waals surface area contributed by atoms with Crippen molar-refractivity contribution in [3.63, 3.8) is 0 Å². The van der Waals surface area contributed by atoms with E-state index in [1.807, 2.05) is 0 Å². The van der Waals surface area contributed by atoms with Gasteiger partial charge in [0.2, 0.25) is 0 Å². The first-order chi connectivity index (χ1) is 11.9. The van der Waals surface area contributed by atoms with E-state index in [1.165, 1.54) is 18.2 Å². The number of anilines is 2. The molecule has 2 rings (SSSR count). The predicted octanol–water partition coefficient (Wildman–Crippen LogP) is 4.81. The molecule has 0 spiro atoms. The van der Waals surface area contributed by atoms with Crippen LogP contribution in [0.2, 0.25) is 0 Å². The normalized spacial score (nSPS) is 11.8. The molecule has 0 heterocycles. The summed E-state index contributed by atoms with van der Waals surface area (Å²) in [5, 5.41) is 12.4. The van der Waals surface area contributed by atoms with E-state index in [-0.39, 0.29) is 11.4 Å². The van der Waals surface area contributed by atoms with Gasteiger partial charge in [-0.25, -0.2) is 8.78 Å². The minimum atomic E-state index is -0.448. The molecule has 5 heteroatoms. The number of rotatable bonds is 7. The molecule has 0 aliphatic heterocycles. The maximum Gasteiger partial charge on any atom is 0.146 e. The summed E-state index contributed by atoms with van der Waals surface area (Å²) >= 11 is 0. The van der Waals surface area contributed by atoms with Crippen molar-refractivity contribution < 1.29 is 8.78 Å². The molecule has 25 heavy (non-hydrogen) atoms. The van der Waals surface area contributed by atoms with Gasteiger partial charge in [0, 0.05) is 0 Å². The third-order valence-electron chi connectivity index (χ3n) is 4.24. The van der Waals surface area contributed by atoms with E-state index in [4.69, 9.17) is 5.73 Å². The Bertz CT molecular complexity index is 781. The minimum absolute atomic E-state index is 0.218. The number of nitrogens with two attached hydrogens (primary N) is 1. The number of hydrogen-bond donors (Lipinski definition) is 2. The average Bonchev–Trinajstić information content (AvgIpc) is 2.57. The Morgan fingerprint density at radius 2 is 1.96 bits per heavy atom. The summed E-state index contributed by atoms with van der Waals surface area (Å²) in [5.74, 6) is -0.499. The van der Waals surface area contributed by atoms with Crippen LogP contribution in [0.4, 0.5) is 20.2 Å². The molecule has 0 saturated carbocycles. The summed E-state index contributed by atoms with van der Waals surface area (Å²) < 4.78 is 28.1. The van der Waals surface area contributed by atoms with Gasteiger partial charge in [0.25, 0.3) is 0 Å². The van der Waals surface area contributed by atoms with Gasteiger partial charge in [-0.3, -0.25) is 0 Å². The van der Waals surface area contributed by atoms with Crippen LogP contribution >= 0.6 is 0 Å². The molecule has 0 aromatic heterocycles. The summed E-state index contributed by atoms with van der Waals surface area (Å²) in [6, 6.07) is 9.45. The third kappa shape index (κ3) is 5.01. The average molecular weight is 343 g/mol. The Morgan fingerprint density at radius 3 is 2.60 bits per heavy atom. The highest BCUT2D eigenvalue weighted by molar-refractivity contribution is 5.69. The fourth-order valence-electron chi connectivity index (χ4n) is 2.72. The van der Waals surface area contributed by atoms with E-state index in [0.717, 1.165) is 18.4 Å². The number of hydrogen-bond acceptors (Lipinski definition) is 3. The van der Waals surface area contributed by atoms with Crippen LogP contribution in [-0.2, 0) is 6.42 Å². The smallest absolute Gasteiger partial charge is 0.146 e. The number of nitriles is 1. The van der Waals surface area contributed by atoms with Crippen LogP contribution in [0.1, 0.15) is 36.5 Å². The van der Waals surface area contributed by atoms with Crippen molar-refractivity contribution in [2.24, 2.45) is 11.7 Å². The monoisotopic (exact) mass is 343 g/mol. The minimum Gasteiger partial charge on any atom is -0.352 e. The van der Waals surface area contributed by atoms with Crippen molar-refractivity contribution >= 4 is 11.4 Å². The Morgan fingerprint density at radius 1 is 1.20 bits per heavy atom. The van der Waals surface area contributed by atoms with Gasteiger partial charge in [-0.1, -0.05) is 13.0 Å². The second-order valence-corrected chi connectivity index (χ2v) is 6.44. The molecule has 0 aliphatic carbocycles. The topological polar surface area (TPSA) is 61.8 Å². The Balaban J connectivity index is 2.27. The molecule has 0 saturated heterocycles. The van der Waals surface area contributed by atoms with Crippen LogP contribution in [-0.4, -0.2) is 6.54 Å². The first-order valence-corrected chi connectivity index (χ1v) is 8.40. The molecule has 0 aliphatic rings. The van der Waals surface area contributed by atoms with Gasteiger partial charge in [0.1, 0.15) is 17.7 Å². The van der Waals surface area contributed by atoms with Gasteiger partial charge < -0.3 is 11.1 Å². The van der Waals surface area contributed by atoms with Crippen LogP contribution in [0.25, 0.3) is 0 Å². The number of nitrogens with zero attached hydrogens (tertiary/aromatic N) is 1. The van der Waals surface area contributed by atoms with Gasteiger partial charge >= 0.3 is 0 Å². The molecule has 3 nitrogen and oxygen atoms in total. The summed E-state index contributed by atoms with van der Waals surface area (Å²) in [4.78, 5) is 0. The van der Waals surface area contributed by atoms with Gasteiger partial charge in [-0.15, -0.1) is 0 Å². The van der Waals surface area contributed by atoms with Crippen molar-refractivity contribution in [3.8, 4) is 6.07 Å². The first kappa shape index (κ1) is 18.9. The second kappa shape index (κ2) is 8.59. The zero-order valence-corrected chi connectivity index (χ0v) is 14.6. The number of nitrogens with one attached hydrogen (secondary N) is 1. The third-order valence-corrected chi connectivity index (χ3v) is 4.24. The van der Waals surface area contributed by atoms with E-state index in [1.54, 1.807) is 19.1 Å². The van der Waals surface area contributed by atoms with Crippen LogP contribution in [0.15, 0.2) is 30.3 Å². The summed E-state index contributed by atoms with van der Waals surface area (Å²) in [6.07, 6.45) is 2.30.